The third-order valence-electron chi connectivity index (χ3n) is 4.84. The van der Waals surface area contributed by atoms with Gasteiger partial charge in [-0.1, -0.05) is 6.07 Å². The van der Waals surface area contributed by atoms with Crippen LogP contribution in [0.1, 0.15) is 36.4 Å². The van der Waals surface area contributed by atoms with E-state index in [4.69, 9.17) is 4.74 Å². The SMILES string of the molecule is CCn1nnc(CNC(=O)NCc2ccc3c(c2)[C@@H]2C[C@@H](N3)[C@H](O)CO2)n1. The summed E-state index contributed by atoms with van der Waals surface area (Å²) in [7, 11) is 0. The lowest BCUT2D eigenvalue weighted by molar-refractivity contribution is -0.0672. The first-order chi connectivity index (χ1) is 13.1. The largest absolute Gasteiger partial charge is 0.389 e. The summed E-state index contributed by atoms with van der Waals surface area (Å²) in [6.07, 6.45) is 0.250. The van der Waals surface area contributed by atoms with Crippen LogP contribution in [0.4, 0.5) is 10.5 Å². The molecule has 2 amide bonds. The Bertz CT molecular complexity index is 825. The van der Waals surface area contributed by atoms with Gasteiger partial charge in [0.15, 0.2) is 5.82 Å². The van der Waals surface area contributed by atoms with Crippen LogP contribution in [0, 0.1) is 0 Å². The Morgan fingerprint density at radius 3 is 3.07 bits per heavy atom. The Labute approximate surface area is 156 Å². The number of carbonyl (C=O) groups excluding carboxylic acids is 1. The minimum atomic E-state index is -0.479. The van der Waals surface area contributed by atoms with E-state index >= 15 is 0 Å². The molecule has 4 rings (SSSR count). The van der Waals surface area contributed by atoms with E-state index in [0.29, 0.717) is 25.5 Å². The minimum Gasteiger partial charge on any atom is -0.389 e. The van der Waals surface area contributed by atoms with Crippen molar-refractivity contribution in [3.63, 3.8) is 0 Å². The van der Waals surface area contributed by atoms with Crippen LogP contribution in [0.5, 0.6) is 0 Å². The molecule has 2 bridgehead atoms. The van der Waals surface area contributed by atoms with Gasteiger partial charge in [0.2, 0.25) is 0 Å². The molecule has 0 spiro atoms. The molecule has 10 heteroatoms. The number of aliphatic hydroxyl groups excluding tert-OH is 1. The van der Waals surface area contributed by atoms with Gasteiger partial charge in [0.25, 0.3) is 0 Å². The number of carbonyl (C=O) groups is 1. The molecule has 27 heavy (non-hydrogen) atoms. The van der Waals surface area contributed by atoms with Crippen molar-refractivity contribution in [2.75, 3.05) is 11.9 Å². The third-order valence-corrected chi connectivity index (χ3v) is 4.84. The zero-order chi connectivity index (χ0) is 18.8. The van der Waals surface area contributed by atoms with Gasteiger partial charge >= 0.3 is 6.03 Å². The van der Waals surface area contributed by atoms with Gasteiger partial charge in [-0.3, -0.25) is 0 Å². The number of hydrogen-bond acceptors (Lipinski definition) is 7. The van der Waals surface area contributed by atoms with Crippen molar-refractivity contribution in [2.45, 2.75) is 51.2 Å². The van der Waals surface area contributed by atoms with Crippen molar-refractivity contribution in [3.8, 4) is 0 Å². The second kappa shape index (κ2) is 7.49. The number of benzene rings is 1. The zero-order valence-electron chi connectivity index (χ0n) is 15.1. The first-order valence-electron chi connectivity index (χ1n) is 9.09. The Morgan fingerprint density at radius 2 is 2.26 bits per heavy atom. The highest BCUT2D eigenvalue weighted by Gasteiger charge is 2.36. The maximum absolute atomic E-state index is 12.0. The summed E-state index contributed by atoms with van der Waals surface area (Å²) < 4.78 is 5.76. The van der Waals surface area contributed by atoms with E-state index in [1.54, 1.807) is 0 Å². The van der Waals surface area contributed by atoms with E-state index in [9.17, 15) is 9.90 Å². The van der Waals surface area contributed by atoms with E-state index in [0.717, 1.165) is 23.2 Å². The fourth-order valence-corrected chi connectivity index (χ4v) is 3.36. The Hall–Kier alpha value is -2.72. The Kier molecular flexibility index (Phi) is 4.90. The summed E-state index contributed by atoms with van der Waals surface area (Å²) in [4.78, 5) is 13.5. The summed E-state index contributed by atoms with van der Waals surface area (Å²) >= 11 is 0. The van der Waals surface area contributed by atoms with Crippen LogP contribution in [-0.2, 0) is 24.4 Å². The molecule has 0 unspecified atom stereocenters. The van der Waals surface area contributed by atoms with Gasteiger partial charge in [-0.2, -0.15) is 4.80 Å². The van der Waals surface area contributed by atoms with Gasteiger partial charge in [0, 0.05) is 24.2 Å². The quantitative estimate of drug-likeness (QED) is 0.594. The van der Waals surface area contributed by atoms with Crippen molar-refractivity contribution in [2.24, 2.45) is 0 Å². The standard InChI is InChI=1S/C17H23N7O3/c1-2-24-22-16(21-23-24)8-19-17(26)18-7-10-3-4-12-11(5-10)15-6-13(20-12)14(25)9-27-15/h3-5,13-15,20,25H,2,6-9H2,1H3,(H2,18,19,26)/t13-,14-,15+/m1/s1. The fraction of sp³-hybridized carbons (Fsp3) is 0.529. The average molecular weight is 373 g/mol. The van der Waals surface area contributed by atoms with E-state index in [1.165, 1.54) is 4.80 Å². The second-order valence-corrected chi connectivity index (χ2v) is 6.73. The van der Waals surface area contributed by atoms with E-state index in [-0.39, 0.29) is 24.7 Å². The third kappa shape index (κ3) is 3.86. The molecule has 2 aliphatic rings. The molecule has 2 aliphatic heterocycles. The van der Waals surface area contributed by atoms with Gasteiger partial charge in [-0.05, 0) is 29.8 Å². The number of anilines is 1. The van der Waals surface area contributed by atoms with E-state index in [2.05, 4.69) is 31.4 Å². The van der Waals surface area contributed by atoms with Gasteiger partial charge in [0.1, 0.15) is 0 Å². The summed E-state index contributed by atoms with van der Waals surface area (Å²) in [5.74, 6) is 0.470. The van der Waals surface area contributed by atoms with E-state index < -0.39 is 6.10 Å². The highest BCUT2D eigenvalue weighted by Crippen LogP contribution is 2.39. The molecule has 2 aromatic rings. The lowest BCUT2D eigenvalue weighted by Gasteiger charge is -2.40. The molecule has 0 radical (unpaired) electrons. The number of urea groups is 1. The maximum atomic E-state index is 12.0. The maximum Gasteiger partial charge on any atom is 0.315 e. The number of aliphatic hydroxyl groups is 1. The van der Waals surface area contributed by atoms with Gasteiger partial charge in [-0.15, -0.1) is 10.2 Å². The molecule has 1 aromatic heterocycles. The number of tetrazole rings is 1. The highest BCUT2D eigenvalue weighted by atomic mass is 16.5. The molecule has 3 heterocycles. The van der Waals surface area contributed by atoms with Crippen LogP contribution >= 0.6 is 0 Å². The second-order valence-electron chi connectivity index (χ2n) is 6.73. The van der Waals surface area contributed by atoms with Crippen molar-refractivity contribution in [1.82, 2.24) is 30.8 Å². The summed E-state index contributed by atoms with van der Waals surface area (Å²) in [5.41, 5.74) is 3.03. The van der Waals surface area contributed by atoms with Crippen molar-refractivity contribution >= 4 is 11.7 Å². The van der Waals surface area contributed by atoms with Crippen molar-refractivity contribution in [3.05, 3.63) is 35.2 Å². The summed E-state index contributed by atoms with van der Waals surface area (Å²) in [6, 6.07) is 5.70. The van der Waals surface area contributed by atoms with Crippen LogP contribution in [0.25, 0.3) is 0 Å². The molecule has 1 fully saturated rings. The highest BCUT2D eigenvalue weighted by molar-refractivity contribution is 5.73. The number of aryl methyl sites for hydroxylation is 1. The molecular weight excluding hydrogens is 350 g/mol. The van der Waals surface area contributed by atoms with Crippen molar-refractivity contribution in [1.29, 1.82) is 0 Å². The Balaban J connectivity index is 1.32. The lowest BCUT2D eigenvalue weighted by atomic mass is 9.89. The number of amides is 2. The molecule has 1 aromatic carbocycles. The number of hydrogen-bond donors (Lipinski definition) is 4. The predicted molar refractivity (Wildman–Crippen MR) is 95.7 cm³/mol. The summed E-state index contributed by atoms with van der Waals surface area (Å²) in [5, 5.41) is 30.7. The van der Waals surface area contributed by atoms with Crippen LogP contribution in [0.15, 0.2) is 18.2 Å². The van der Waals surface area contributed by atoms with Gasteiger partial charge < -0.3 is 25.8 Å². The molecule has 3 atom stereocenters. The van der Waals surface area contributed by atoms with Gasteiger partial charge in [-0.25, -0.2) is 4.79 Å². The van der Waals surface area contributed by atoms with Crippen LogP contribution in [0.2, 0.25) is 0 Å². The minimum absolute atomic E-state index is 0.0179. The van der Waals surface area contributed by atoms with Crippen LogP contribution < -0.4 is 16.0 Å². The molecule has 10 nitrogen and oxygen atoms in total. The summed E-state index contributed by atoms with van der Waals surface area (Å²) in [6.45, 7) is 3.51. The monoisotopic (exact) mass is 373 g/mol. The number of fused-ring (bicyclic) bond motifs is 4. The topological polar surface area (TPSA) is 126 Å². The normalized spacial score (nSPS) is 23.3. The predicted octanol–water partition coefficient (Wildman–Crippen LogP) is 0.309. The molecular formula is C17H23N7O3. The fourth-order valence-electron chi connectivity index (χ4n) is 3.36. The zero-order valence-corrected chi connectivity index (χ0v) is 15.1. The smallest absolute Gasteiger partial charge is 0.315 e. The molecule has 0 aliphatic carbocycles. The number of nitrogens with one attached hydrogen (secondary N) is 3. The molecule has 0 saturated carbocycles. The molecule has 144 valence electrons. The average Bonchev–Trinajstić information content (AvgIpc) is 3.16. The van der Waals surface area contributed by atoms with Crippen molar-refractivity contribution < 1.29 is 14.6 Å². The number of nitrogens with zero attached hydrogens (tertiary/aromatic N) is 4. The van der Waals surface area contributed by atoms with Crippen LogP contribution in [0.3, 0.4) is 0 Å². The van der Waals surface area contributed by atoms with Crippen LogP contribution in [-0.4, -0.2) is 50.1 Å². The van der Waals surface area contributed by atoms with E-state index in [1.807, 2.05) is 25.1 Å². The first kappa shape index (κ1) is 17.7. The number of rotatable bonds is 5. The molecule has 4 N–H and O–H groups in total. The Morgan fingerprint density at radius 1 is 1.41 bits per heavy atom. The number of aromatic nitrogens is 4. The van der Waals surface area contributed by atoms with Gasteiger partial charge in [0.05, 0.1) is 37.9 Å². The number of ether oxygens (including phenoxy) is 1. The first-order valence-corrected chi connectivity index (χ1v) is 9.09. The molecule has 1 saturated heterocycles. The lowest BCUT2D eigenvalue weighted by Crippen LogP contribution is -2.46.